The number of nitrogens with two attached hydrogens (primary N) is 1. The molecular weight excluding hydrogens is 265 g/mol. The zero-order valence-electron chi connectivity index (χ0n) is 10.8. The molecule has 2 N–H and O–H groups in total. The van der Waals surface area contributed by atoms with Gasteiger partial charge in [-0.3, -0.25) is 0 Å². The molecule has 0 heterocycles. The number of anilines is 1. The third-order valence-electron chi connectivity index (χ3n) is 2.89. The van der Waals surface area contributed by atoms with Crippen LogP contribution in [0.3, 0.4) is 0 Å². The molecular formula is C15H15ClFNO. The lowest BCUT2D eigenvalue weighted by Gasteiger charge is -2.13. The largest absolute Gasteiger partial charge is 0.488 e. The Labute approximate surface area is 117 Å². The van der Waals surface area contributed by atoms with Crippen molar-refractivity contribution in [2.24, 2.45) is 0 Å². The highest BCUT2D eigenvalue weighted by atomic mass is 35.5. The van der Waals surface area contributed by atoms with Crippen LogP contribution in [-0.2, 0) is 6.61 Å². The van der Waals surface area contributed by atoms with Crippen molar-refractivity contribution in [3.8, 4) is 5.75 Å². The Morgan fingerprint density at radius 3 is 2.47 bits per heavy atom. The van der Waals surface area contributed by atoms with Crippen molar-refractivity contribution >= 4 is 17.3 Å². The fourth-order valence-corrected chi connectivity index (χ4v) is 2.22. The molecule has 0 aliphatic rings. The van der Waals surface area contributed by atoms with Crippen LogP contribution in [0.15, 0.2) is 30.3 Å². The van der Waals surface area contributed by atoms with Gasteiger partial charge in [0.1, 0.15) is 18.2 Å². The quantitative estimate of drug-likeness (QED) is 0.852. The number of ether oxygens (including phenoxy) is 1. The van der Waals surface area contributed by atoms with Gasteiger partial charge in [0.05, 0.1) is 5.02 Å². The molecule has 100 valence electrons. The maximum Gasteiger partial charge on any atom is 0.148 e. The Bertz CT molecular complexity index is 590. The summed E-state index contributed by atoms with van der Waals surface area (Å²) in [5, 5.41) is 0.104. The average Bonchev–Trinajstić information content (AvgIpc) is 2.33. The van der Waals surface area contributed by atoms with Gasteiger partial charge in [-0.15, -0.1) is 0 Å². The van der Waals surface area contributed by atoms with Gasteiger partial charge < -0.3 is 10.5 Å². The van der Waals surface area contributed by atoms with Gasteiger partial charge in [0.15, 0.2) is 0 Å². The number of aryl methyl sites for hydroxylation is 2. The summed E-state index contributed by atoms with van der Waals surface area (Å²) in [5.41, 5.74) is 8.73. The standard InChI is InChI=1S/C15H15ClFNO/c1-9-6-12(18)7-10(2)15(9)19-8-11-4-3-5-13(16)14(11)17/h3-7H,8,18H2,1-2H3. The number of halogens is 2. The number of benzene rings is 2. The monoisotopic (exact) mass is 279 g/mol. The Hall–Kier alpha value is -1.74. The third kappa shape index (κ3) is 2.99. The second-order valence-corrected chi connectivity index (χ2v) is 4.89. The molecule has 0 fully saturated rings. The first-order valence-electron chi connectivity index (χ1n) is 5.91. The van der Waals surface area contributed by atoms with Gasteiger partial charge in [-0.05, 0) is 43.2 Å². The molecule has 0 aliphatic heterocycles. The van der Waals surface area contributed by atoms with Crippen LogP contribution in [0.4, 0.5) is 10.1 Å². The second-order valence-electron chi connectivity index (χ2n) is 4.49. The molecule has 2 nitrogen and oxygen atoms in total. The first-order chi connectivity index (χ1) is 8.99. The fourth-order valence-electron chi connectivity index (χ4n) is 2.02. The molecule has 4 heteroatoms. The summed E-state index contributed by atoms with van der Waals surface area (Å²) in [6.45, 7) is 3.96. The van der Waals surface area contributed by atoms with E-state index in [-0.39, 0.29) is 11.6 Å². The SMILES string of the molecule is Cc1cc(N)cc(C)c1OCc1cccc(Cl)c1F. The van der Waals surface area contributed by atoms with Crippen LogP contribution in [-0.4, -0.2) is 0 Å². The molecule has 0 atom stereocenters. The van der Waals surface area contributed by atoms with Gasteiger partial charge in [-0.25, -0.2) is 4.39 Å². The highest BCUT2D eigenvalue weighted by Crippen LogP contribution is 2.27. The minimum atomic E-state index is -0.435. The fraction of sp³-hybridized carbons (Fsp3) is 0.200. The van der Waals surface area contributed by atoms with Crippen LogP contribution in [0.2, 0.25) is 5.02 Å². The molecule has 0 saturated carbocycles. The first kappa shape index (κ1) is 13.7. The third-order valence-corrected chi connectivity index (χ3v) is 3.18. The molecule has 2 aromatic carbocycles. The molecule has 0 aromatic heterocycles. The summed E-state index contributed by atoms with van der Waals surface area (Å²) >= 11 is 5.73. The lowest BCUT2D eigenvalue weighted by Crippen LogP contribution is -2.02. The molecule has 2 aromatic rings. The van der Waals surface area contributed by atoms with Crippen molar-refractivity contribution in [2.75, 3.05) is 5.73 Å². The van der Waals surface area contributed by atoms with E-state index in [2.05, 4.69) is 0 Å². The number of nitrogen functional groups attached to an aromatic ring is 1. The zero-order valence-corrected chi connectivity index (χ0v) is 11.6. The number of hydrogen-bond acceptors (Lipinski definition) is 2. The maximum atomic E-state index is 13.7. The van der Waals surface area contributed by atoms with E-state index < -0.39 is 5.82 Å². The van der Waals surface area contributed by atoms with Crippen LogP contribution in [0.25, 0.3) is 0 Å². The van der Waals surface area contributed by atoms with Crippen molar-refractivity contribution in [3.05, 3.63) is 57.9 Å². The second kappa shape index (κ2) is 5.49. The summed E-state index contributed by atoms with van der Waals surface area (Å²) in [5.74, 6) is 0.295. The van der Waals surface area contributed by atoms with Crippen molar-refractivity contribution in [1.29, 1.82) is 0 Å². The van der Waals surface area contributed by atoms with Crippen LogP contribution in [0.5, 0.6) is 5.75 Å². The van der Waals surface area contributed by atoms with E-state index in [0.717, 1.165) is 16.9 Å². The highest BCUT2D eigenvalue weighted by molar-refractivity contribution is 6.30. The van der Waals surface area contributed by atoms with E-state index in [4.69, 9.17) is 22.1 Å². The number of rotatable bonds is 3. The lowest BCUT2D eigenvalue weighted by atomic mass is 10.1. The molecule has 0 spiro atoms. The normalized spacial score (nSPS) is 10.5. The average molecular weight is 280 g/mol. The smallest absolute Gasteiger partial charge is 0.148 e. The summed E-state index contributed by atoms with van der Waals surface area (Å²) in [6, 6.07) is 8.53. The highest BCUT2D eigenvalue weighted by Gasteiger charge is 2.09. The minimum absolute atomic E-state index is 0.104. The Kier molecular flexibility index (Phi) is 3.96. The van der Waals surface area contributed by atoms with Crippen molar-refractivity contribution in [3.63, 3.8) is 0 Å². The van der Waals surface area contributed by atoms with E-state index in [1.807, 2.05) is 26.0 Å². The van der Waals surface area contributed by atoms with Crippen LogP contribution in [0, 0.1) is 19.7 Å². The van der Waals surface area contributed by atoms with Gasteiger partial charge in [-0.2, -0.15) is 0 Å². The summed E-state index contributed by atoms with van der Waals surface area (Å²) in [7, 11) is 0. The van der Waals surface area contributed by atoms with E-state index >= 15 is 0 Å². The van der Waals surface area contributed by atoms with Gasteiger partial charge in [0, 0.05) is 11.3 Å². The predicted octanol–water partition coefficient (Wildman–Crippen LogP) is 4.26. The van der Waals surface area contributed by atoms with Gasteiger partial charge in [0.25, 0.3) is 0 Å². The topological polar surface area (TPSA) is 35.2 Å². The van der Waals surface area contributed by atoms with Crippen molar-refractivity contribution < 1.29 is 9.13 Å². The Balaban J connectivity index is 2.22. The van der Waals surface area contributed by atoms with Gasteiger partial charge in [-0.1, -0.05) is 23.7 Å². The molecule has 0 aliphatic carbocycles. The molecule has 2 rings (SSSR count). The van der Waals surface area contributed by atoms with Crippen molar-refractivity contribution in [2.45, 2.75) is 20.5 Å². The summed E-state index contributed by atoms with van der Waals surface area (Å²) < 4.78 is 19.4. The van der Waals surface area contributed by atoms with Gasteiger partial charge >= 0.3 is 0 Å². The van der Waals surface area contributed by atoms with E-state index in [1.54, 1.807) is 12.1 Å². The zero-order chi connectivity index (χ0) is 14.0. The lowest BCUT2D eigenvalue weighted by molar-refractivity contribution is 0.296. The molecule has 0 unspecified atom stereocenters. The maximum absolute atomic E-state index is 13.7. The van der Waals surface area contributed by atoms with Crippen LogP contribution < -0.4 is 10.5 Å². The Morgan fingerprint density at radius 1 is 1.21 bits per heavy atom. The minimum Gasteiger partial charge on any atom is -0.488 e. The molecule has 0 saturated heterocycles. The summed E-state index contributed by atoms with van der Waals surface area (Å²) in [6.07, 6.45) is 0. The first-order valence-corrected chi connectivity index (χ1v) is 6.29. The van der Waals surface area contributed by atoms with Crippen LogP contribution >= 0.6 is 11.6 Å². The molecule has 0 radical (unpaired) electrons. The van der Waals surface area contributed by atoms with Crippen molar-refractivity contribution in [1.82, 2.24) is 0 Å². The number of hydrogen-bond donors (Lipinski definition) is 1. The Morgan fingerprint density at radius 2 is 1.84 bits per heavy atom. The van der Waals surface area contributed by atoms with E-state index in [9.17, 15) is 4.39 Å². The predicted molar refractivity (Wildman–Crippen MR) is 76.1 cm³/mol. The van der Waals surface area contributed by atoms with Gasteiger partial charge in [0.2, 0.25) is 0 Å². The van der Waals surface area contributed by atoms with Crippen LogP contribution in [0.1, 0.15) is 16.7 Å². The molecule has 0 bridgehead atoms. The molecule has 19 heavy (non-hydrogen) atoms. The van der Waals surface area contributed by atoms with E-state index in [0.29, 0.717) is 11.3 Å². The molecule has 0 amide bonds. The van der Waals surface area contributed by atoms with E-state index in [1.165, 1.54) is 6.07 Å². The summed E-state index contributed by atoms with van der Waals surface area (Å²) in [4.78, 5) is 0.